The monoisotopic (exact) mass is 325 g/mol. The third kappa shape index (κ3) is 4.10. The first kappa shape index (κ1) is 15.6. The number of amides is 1. The number of carbonyl (C=O) groups is 1. The molecule has 21 heavy (non-hydrogen) atoms. The molecule has 6 nitrogen and oxygen atoms in total. The van der Waals surface area contributed by atoms with E-state index in [2.05, 4.69) is 15.0 Å². The molecule has 2 rings (SSSR count). The van der Waals surface area contributed by atoms with Gasteiger partial charge in [-0.1, -0.05) is 6.07 Å². The molecule has 0 aromatic carbocycles. The zero-order valence-electron chi connectivity index (χ0n) is 11.4. The van der Waals surface area contributed by atoms with E-state index in [1.165, 1.54) is 11.4 Å². The Hall–Kier alpha value is -1.77. The van der Waals surface area contributed by atoms with Crippen molar-refractivity contribution in [2.75, 3.05) is 6.54 Å². The number of carbonyl (C=O) groups excluding carboxylic acids is 1. The summed E-state index contributed by atoms with van der Waals surface area (Å²) in [6, 6.07) is 4.89. The molecule has 0 radical (unpaired) electrons. The van der Waals surface area contributed by atoms with Crippen LogP contribution in [0, 0.1) is 0 Å². The lowest BCUT2D eigenvalue weighted by Gasteiger charge is -2.04. The molecule has 112 valence electrons. The molecule has 2 N–H and O–H groups in total. The summed E-state index contributed by atoms with van der Waals surface area (Å²) in [4.78, 5) is 16.0. The van der Waals surface area contributed by atoms with Crippen LogP contribution in [-0.4, -0.2) is 25.9 Å². The van der Waals surface area contributed by atoms with Crippen molar-refractivity contribution in [1.82, 2.24) is 15.0 Å². The largest absolute Gasteiger partial charge is 0.352 e. The molecule has 2 heterocycles. The van der Waals surface area contributed by atoms with Crippen LogP contribution in [0.25, 0.3) is 0 Å². The van der Waals surface area contributed by atoms with Gasteiger partial charge in [-0.15, -0.1) is 11.3 Å². The van der Waals surface area contributed by atoms with Gasteiger partial charge in [0.1, 0.15) is 0 Å². The van der Waals surface area contributed by atoms with Crippen LogP contribution in [0.3, 0.4) is 0 Å². The van der Waals surface area contributed by atoms with Gasteiger partial charge in [0.2, 0.25) is 10.0 Å². The van der Waals surface area contributed by atoms with Crippen LogP contribution in [0.15, 0.2) is 40.9 Å². The minimum atomic E-state index is -3.63. The molecule has 0 bridgehead atoms. The third-order valence-corrected chi connectivity index (χ3v) is 5.09. The number of hydrogen-bond donors (Lipinski definition) is 2. The molecule has 8 heteroatoms. The summed E-state index contributed by atoms with van der Waals surface area (Å²) >= 11 is 1.10. The zero-order chi connectivity index (χ0) is 15.3. The van der Waals surface area contributed by atoms with Crippen LogP contribution in [0.4, 0.5) is 0 Å². The first-order valence-electron chi connectivity index (χ1n) is 6.28. The molecule has 2 aromatic heterocycles. The number of hydrogen-bond acceptors (Lipinski definition) is 5. The quantitative estimate of drug-likeness (QED) is 0.839. The molecule has 0 aliphatic rings. The highest BCUT2D eigenvalue weighted by atomic mass is 32.2. The molecule has 0 saturated carbocycles. The maximum Gasteiger partial charge on any atom is 0.261 e. The van der Waals surface area contributed by atoms with Crippen LogP contribution in [0.2, 0.25) is 0 Å². The summed E-state index contributed by atoms with van der Waals surface area (Å²) in [5.41, 5.74) is 0.764. The summed E-state index contributed by atoms with van der Waals surface area (Å²) in [5, 5.41) is 4.09. The molecule has 0 saturated heterocycles. The number of sulfonamides is 1. The van der Waals surface area contributed by atoms with E-state index in [0.29, 0.717) is 11.4 Å². The van der Waals surface area contributed by atoms with E-state index in [1.807, 2.05) is 0 Å². The predicted molar refractivity (Wildman–Crippen MR) is 80.6 cm³/mol. The molecule has 0 spiro atoms. The third-order valence-electron chi connectivity index (χ3n) is 2.64. The van der Waals surface area contributed by atoms with Gasteiger partial charge in [-0.05, 0) is 24.6 Å². The number of pyridine rings is 1. The second-order valence-electron chi connectivity index (χ2n) is 4.19. The molecule has 2 aromatic rings. The molecular formula is C13H15N3O3S2. The summed E-state index contributed by atoms with van der Waals surface area (Å²) in [7, 11) is -3.63. The number of aromatic nitrogens is 1. The van der Waals surface area contributed by atoms with Crippen molar-refractivity contribution in [3.8, 4) is 0 Å². The molecule has 0 unspecified atom stereocenters. The van der Waals surface area contributed by atoms with Crippen molar-refractivity contribution >= 4 is 27.3 Å². The van der Waals surface area contributed by atoms with Crippen LogP contribution in [0.5, 0.6) is 0 Å². The zero-order valence-corrected chi connectivity index (χ0v) is 13.0. The second-order valence-corrected chi connectivity index (χ2v) is 6.87. The summed E-state index contributed by atoms with van der Waals surface area (Å²) in [5.74, 6) is -0.267. The molecule has 0 atom stereocenters. The van der Waals surface area contributed by atoms with Gasteiger partial charge in [0, 0.05) is 30.9 Å². The van der Waals surface area contributed by atoms with E-state index in [4.69, 9.17) is 0 Å². The van der Waals surface area contributed by atoms with Gasteiger partial charge in [0.05, 0.1) is 9.77 Å². The average Bonchev–Trinajstić information content (AvgIpc) is 2.97. The molecule has 1 amide bonds. The Morgan fingerprint density at radius 3 is 2.90 bits per heavy atom. The highest BCUT2D eigenvalue weighted by Gasteiger charge is 2.18. The van der Waals surface area contributed by atoms with Gasteiger partial charge in [-0.3, -0.25) is 9.78 Å². The van der Waals surface area contributed by atoms with E-state index < -0.39 is 10.0 Å². The van der Waals surface area contributed by atoms with Gasteiger partial charge in [-0.25, -0.2) is 13.1 Å². The lowest BCUT2D eigenvalue weighted by atomic mass is 10.3. The van der Waals surface area contributed by atoms with Gasteiger partial charge in [0.15, 0.2) is 0 Å². The SMILES string of the molecule is CCNC(=O)c1cc(S(=O)(=O)NCc2cccnc2)cs1. The van der Waals surface area contributed by atoms with Crippen molar-refractivity contribution in [1.29, 1.82) is 0 Å². The Morgan fingerprint density at radius 1 is 1.43 bits per heavy atom. The Kier molecular flexibility index (Phi) is 5.05. The minimum Gasteiger partial charge on any atom is -0.352 e. The number of thiophene rings is 1. The Morgan fingerprint density at radius 2 is 2.24 bits per heavy atom. The first-order chi connectivity index (χ1) is 10.0. The fraction of sp³-hybridized carbons (Fsp3) is 0.231. The highest BCUT2D eigenvalue weighted by Crippen LogP contribution is 2.19. The average molecular weight is 325 g/mol. The fourth-order valence-corrected chi connectivity index (χ4v) is 3.80. The maximum absolute atomic E-state index is 12.1. The van der Waals surface area contributed by atoms with Crippen molar-refractivity contribution < 1.29 is 13.2 Å². The topological polar surface area (TPSA) is 88.2 Å². The molecule has 0 aliphatic carbocycles. The predicted octanol–water partition coefficient (Wildman–Crippen LogP) is 1.37. The lowest BCUT2D eigenvalue weighted by Crippen LogP contribution is -2.23. The fourth-order valence-electron chi connectivity index (χ4n) is 1.59. The van der Waals surface area contributed by atoms with E-state index in [0.717, 1.165) is 16.9 Å². The van der Waals surface area contributed by atoms with E-state index >= 15 is 0 Å². The number of nitrogens with zero attached hydrogens (tertiary/aromatic N) is 1. The van der Waals surface area contributed by atoms with E-state index in [1.54, 1.807) is 31.5 Å². The van der Waals surface area contributed by atoms with Crippen LogP contribution in [0.1, 0.15) is 22.2 Å². The second kappa shape index (κ2) is 6.79. The van der Waals surface area contributed by atoms with E-state index in [9.17, 15) is 13.2 Å². The van der Waals surface area contributed by atoms with Crippen molar-refractivity contribution in [3.63, 3.8) is 0 Å². The minimum absolute atomic E-state index is 0.0950. The summed E-state index contributed by atoms with van der Waals surface area (Å²) in [6.45, 7) is 2.46. The van der Waals surface area contributed by atoms with Crippen LogP contribution < -0.4 is 10.0 Å². The van der Waals surface area contributed by atoms with Gasteiger partial charge in [0.25, 0.3) is 5.91 Å². The summed E-state index contributed by atoms with van der Waals surface area (Å²) < 4.78 is 26.8. The standard InChI is InChI=1S/C13H15N3O3S2/c1-2-15-13(17)12-6-11(9-20-12)21(18,19)16-8-10-4-3-5-14-7-10/h3-7,9,16H,2,8H2,1H3,(H,15,17). The molecule has 0 aliphatic heterocycles. The van der Waals surface area contributed by atoms with Crippen LogP contribution >= 0.6 is 11.3 Å². The van der Waals surface area contributed by atoms with Crippen LogP contribution in [-0.2, 0) is 16.6 Å². The first-order valence-corrected chi connectivity index (χ1v) is 8.64. The Bertz CT molecular complexity index is 711. The molecule has 0 fully saturated rings. The van der Waals surface area contributed by atoms with Crippen molar-refractivity contribution in [2.24, 2.45) is 0 Å². The highest BCUT2D eigenvalue weighted by molar-refractivity contribution is 7.89. The Balaban J connectivity index is 2.08. The van der Waals surface area contributed by atoms with Gasteiger partial charge >= 0.3 is 0 Å². The van der Waals surface area contributed by atoms with Crippen molar-refractivity contribution in [2.45, 2.75) is 18.4 Å². The van der Waals surface area contributed by atoms with Crippen molar-refractivity contribution in [3.05, 3.63) is 46.4 Å². The lowest BCUT2D eigenvalue weighted by molar-refractivity contribution is 0.0959. The Labute approximate surface area is 127 Å². The number of nitrogens with one attached hydrogen (secondary N) is 2. The smallest absolute Gasteiger partial charge is 0.261 e. The number of rotatable bonds is 6. The molecular weight excluding hydrogens is 310 g/mol. The van der Waals surface area contributed by atoms with Gasteiger partial charge in [-0.2, -0.15) is 0 Å². The van der Waals surface area contributed by atoms with E-state index in [-0.39, 0.29) is 17.3 Å². The maximum atomic E-state index is 12.1. The normalized spacial score (nSPS) is 11.3. The summed E-state index contributed by atoms with van der Waals surface area (Å²) in [6.07, 6.45) is 3.21. The van der Waals surface area contributed by atoms with Gasteiger partial charge < -0.3 is 5.32 Å².